The third-order valence-electron chi connectivity index (χ3n) is 2.55. The van der Waals surface area contributed by atoms with Crippen LogP contribution in [0.3, 0.4) is 0 Å². The molecule has 0 atom stereocenters. The van der Waals surface area contributed by atoms with Gasteiger partial charge in [0.2, 0.25) is 0 Å². The molecule has 1 heterocycles. The number of anilines is 2. The predicted octanol–water partition coefficient (Wildman–Crippen LogP) is 2.13. The quantitative estimate of drug-likeness (QED) is 0.622. The van der Waals surface area contributed by atoms with Crippen molar-refractivity contribution in [3.8, 4) is 0 Å². The normalized spacial score (nSPS) is 9.94. The fraction of sp³-hybridized carbons (Fsp3) is 0.0769. The van der Waals surface area contributed by atoms with Crippen LogP contribution in [0.1, 0.15) is 5.69 Å². The molecule has 2 rings (SSSR count). The molecule has 0 unspecified atom stereocenters. The molecule has 0 aliphatic carbocycles. The number of aromatic nitrogens is 1. The molecule has 1 aromatic heterocycles. The van der Waals surface area contributed by atoms with Crippen molar-refractivity contribution in [1.82, 2.24) is 4.98 Å². The van der Waals surface area contributed by atoms with E-state index in [1.165, 1.54) is 0 Å². The fourth-order valence-corrected chi connectivity index (χ4v) is 1.58. The summed E-state index contributed by atoms with van der Waals surface area (Å²) in [4.78, 5) is 6.06. The maximum atomic E-state index is 7.37. The van der Waals surface area contributed by atoms with E-state index in [-0.39, 0.29) is 5.84 Å². The van der Waals surface area contributed by atoms with Gasteiger partial charge < -0.3 is 10.6 Å². The fourth-order valence-electron chi connectivity index (χ4n) is 1.58. The van der Waals surface area contributed by atoms with E-state index in [1.807, 2.05) is 48.3 Å². The van der Waals surface area contributed by atoms with Crippen molar-refractivity contribution in [3.05, 3.63) is 54.4 Å². The number of nitrogens with one attached hydrogen (secondary N) is 1. The Morgan fingerprint density at radius 2 is 1.88 bits per heavy atom. The SMILES string of the molecule is CN(c1ccccc1)c1ccnc(C(=N)N)c1. The Kier molecular flexibility index (Phi) is 3.05. The molecule has 0 fully saturated rings. The second kappa shape index (κ2) is 4.65. The predicted molar refractivity (Wildman–Crippen MR) is 69.8 cm³/mol. The minimum atomic E-state index is -0.0201. The summed E-state index contributed by atoms with van der Waals surface area (Å²) in [6.45, 7) is 0. The molecule has 0 radical (unpaired) electrons. The van der Waals surface area contributed by atoms with Gasteiger partial charge in [-0.2, -0.15) is 0 Å². The second-order valence-electron chi connectivity index (χ2n) is 3.71. The smallest absolute Gasteiger partial charge is 0.141 e. The van der Waals surface area contributed by atoms with E-state index in [2.05, 4.69) is 4.98 Å². The highest BCUT2D eigenvalue weighted by Crippen LogP contribution is 2.22. The molecule has 0 saturated carbocycles. The van der Waals surface area contributed by atoms with Gasteiger partial charge in [0, 0.05) is 24.6 Å². The Labute approximate surface area is 100 Å². The lowest BCUT2D eigenvalue weighted by atomic mass is 10.2. The van der Waals surface area contributed by atoms with Crippen LogP contribution < -0.4 is 10.6 Å². The lowest BCUT2D eigenvalue weighted by molar-refractivity contribution is 1.17. The maximum absolute atomic E-state index is 7.37. The van der Waals surface area contributed by atoms with Gasteiger partial charge >= 0.3 is 0 Å². The van der Waals surface area contributed by atoms with Gasteiger partial charge in [-0.3, -0.25) is 10.4 Å². The van der Waals surface area contributed by atoms with Crippen molar-refractivity contribution in [2.75, 3.05) is 11.9 Å². The molecule has 17 heavy (non-hydrogen) atoms. The van der Waals surface area contributed by atoms with Crippen LogP contribution in [0.2, 0.25) is 0 Å². The van der Waals surface area contributed by atoms with Crippen molar-refractivity contribution in [3.63, 3.8) is 0 Å². The first-order valence-electron chi connectivity index (χ1n) is 5.27. The number of benzene rings is 1. The molecular weight excluding hydrogens is 212 g/mol. The number of nitrogens with zero attached hydrogens (tertiary/aromatic N) is 2. The van der Waals surface area contributed by atoms with Crippen LogP contribution in [0.5, 0.6) is 0 Å². The highest BCUT2D eigenvalue weighted by Gasteiger charge is 2.05. The summed E-state index contributed by atoms with van der Waals surface area (Å²) >= 11 is 0. The highest BCUT2D eigenvalue weighted by molar-refractivity contribution is 5.94. The number of hydrogen-bond acceptors (Lipinski definition) is 3. The van der Waals surface area contributed by atoms with Crippen LogP contribution in [0, 0.1) is 5.41 Å². The van der Waals surface area contributed by atoms with E-state index in [0.29, 0.717) is 5.69 Å². The van der Waals surface area contributed by atoms with E-state index in [1.54, 1.807) is 12.3 Å². The largest absolute Gasteiger partial charge is 0.382 e. The summed E-state index contributed by atoms with van der Waals surface area (Å²) in [5.74, 6) is -0.0201. The van der Waals surface area contributed by atoms with Crippen molar-refractivity contribution in [1.29, 1.82) is 5.41 Å². The average Bonchev–Trinajstić information content (AvgIpc) is 2.39. The van der Waals surface area contributed by atoms with E-state index in [4.69, 9.17) is 11.1 Å². The third-order valence-corrected chi connectivity index (χ3v) is 2.55. The zero-order chi connectivity index (χ0) is 12.3. The standard InChI is InChI=1S/C13H14N4/c1-17(10-5-3-2-4-6-10)11-7-8-16-12(9-11)13(14)15/h2-9H,1H3,(H3,14,15). The summed E-state index contributed by atoms with van der Waals surface area (Å²) in [7, 11) is 1.97. The average molecular weight is 226 g/mol. The summed E-state index contributed by atoms with van der Waals surface area (Å²) in [6.07, 6.45) is 1.66. The lowest BCUT2D eigenvalue weighted by Crippen LogP contribution is -2.15. The second-order valence-corrected chi connectivity index (χ2v) is 3.71. The molecule has 1 aromatic carbocycles. The minimum absolute atomic E-state index is 0.0201. The van der Waals surface area contributed by atoms with Crippen LogP contribution in [-0.4, -0.2) is 17.9 Å². The van der Waals surface area contributed by atoms with Crippen LogP contribution in [0.25, 0.3) is 0 Å². The van der Waals surface area contributed by atoms with Gasteiger partial charge in [-0.1, -0.05) is 18.2 Å². The number of amidine groups is 1. The van der Waals surface area contributed by atoms with Crippen LogP contribution in [0.15, 0.2) is 48.7 Å². The number of nitrogens with two attached hydrogens (primary N) is 1. The number of hydrogen-bond donors (Lipinski definition) is 2. The summed E-state index contributed by atoms with van der Waals surface area (Å²) < 4.78 is 0. The summed E-state index contributed by atoms with van der Waals surface area (Å²) in [5.41, 5.74) is 7.95. The molecule has 2 aromatic rings. The zero-order valence-corrected chi connectivity index (χ0v) is 9.59. The lowest BCUT2D eigenvalue weighted by Gasteiger charge is -2.19. The number of rotatable bonds is 3. The molecular formula is C13H14N4. The van der Waals surface area contributed by atoms with E-state index in [0.717, 1.165) is 11.4 Å². The van der Waals surface area contributed by atoms with Gasteiger partial charge in [-0.25, -0.2) is 0 Å². The number of nitrogen functional groups attached to an aromatic ring is 1. The highest BCUT2D eigenvalue weighted by atomic mass is 15.1. The molecule has 0 saturated heterocycles. The Morgan fingerprint density at radius 3 is 2.53 bits per heavy atom. The topological polar surface area (TPSA) is 66.0 Å². The number of pyridine rings is 1. The van der Waals surface area contributed by atoms with Crippen LogP contribution >= 0.6 is 0 Å². The van der Waals surface area contributed by atoms with Gasteiger partial charge in [-0.05, 0) is 24.3 Å². The summed E-state index contributed by atoms with van der Waals surface area (Å²) in [6, 6.07) is 13.7. The van der Waals surface area contributed by atoms with Crippen LogP contribution in [0.4, 0.5) is 11.4 Å². The first-order chi connectivity index (χ1) is 8.18. The molecule has 0 aliphatic heterocycles. The maximum Gasteiger partial charge on any atom is 0.141 e. The van der Waals surface area contributed by atoms with Crippen molar-refractivity contribution < 1.29 is 0 Å². The first-order valence-corrected chi connectivity index (χ1v) is 5.27. The van der Waals surface area contributed by atoms with Gasteiger partial charge in [0.1, 0.15) is 11.5 Å². The molecule has 0 amide bonds. The zero-order valence-electron chi connectivity index (χ0n) is 9.59. The van der Waals surface area contributed by atoms with Crippen molar-refractivity contribution >= 4 is 17.2 Å². The third kappa shape index (κ3) is 2.42. The summed E-state index contributed by atoms with van der Waals surface area (Å²) in [5, 5.41) is 7.37. The molecule has 4 nitrogen and oxygen atoms in total. The number of para-hydroxylation sites is 1. The molecule has 0 bridgehead atoms. The van der Waals surface area contributed by atoms with Crippen LogP contribution in [-0.2, 0) is 0 Å². The van der Waals surface area contributed by atoms with Gasteiger partial charge in [0.05, 0.1) is 0 Å². The molecule has 0 spiro atoms. The van der Waals surface area contributed by atoms with Crippen molar-refractivity contribution in [2.45, 2.75) is 0 Å². The first kappa shape index (κ1) is 11.1. The van der Waals surface area contributed by atoms with Gasteiger partial charge in [0.15, 0.2) is 0 Å². The van der Waals surface area contributed by atoms with Gasteiger partial charge in [0.25, 0.3) is 0 Å². The Balaban J connectivity index is 2.34. The molecule has 86 valence electrons. The van der Waals surface area contributed by atoms with E-state index >= 15 is 0 Å². The van der Waals surface area contributed by atoms with Crippen molar-refractivity contribution in [2.24, 2.45) is 5.73 Å². The van der Waals surface area contributed by atoms with E-state index < -0.39 is 0 Å². The van der Waals surface area contributed by atoms with Gasteiger partial charge in [-0.15, -0.1) is 0 Å². The van der Waals surface area contributed by atoms with E-state index in [9.17, 15) is 0 Å². The molecule has 0 aliphatic rings. The Bertz CT molecular complexity index is 522. The monoisotopic (exact) mass is 226 g/mol. The minimum Gasteiger partial charge on any atom is -0.382 e. The Hall–Kier alpha value is -2.36. The molecule has 4 heteroatoms. The molecule has 3 N–H and O–H groups in total. The Morgan fingerprint density at radius 1 is 1.18 bits per heavy atom.